The summed E-state index contributed by atoms with van der Waals surface area (Å²) < 4.78 is 0. The molecule has 0 radical (unpaired) electrons. The van der Waals surface area contributed by atoms with Crippen molar-refractivity contribution in [1.29, 1.82) is 0 Å². The summed E-state index contributed by atoms with van der Waals surface area (Å²) in [5.74, 6) is -0.573. The van der Waals surface area contributed by atoms with Crippen LogP contribution in [0, 0.1) is 0 Å². The Bertz CT molecular complexity index is 975. The van der Waals surface area contributed by atoms with E-state index in [1.165, 1.54) is 0 Å². The fraction of sp³-hybridized carbons (Fsp3) is 0.158. The summed E-state index contributed by atoms with van der Waals surface area (Å²) in [4.78, 5) is 28.0. The molecule has 2 amide bonds. The van der Waals surface area contributed by atoms with Crippen LogP contribution in [0.1, 0.15) is 28.8 Å². The number of halogens is 1. The minimum Gasteiger partial charge on any atom is -0.360 e. The highest BCUT2D eigenvalue weighted by atomic mass is 35.5. The van der Waals surface area contributed by atoms with E-state index in [9.17, 15) is 9.59 Å². The van der Waals surface area contributed by atoms with E-state index in [4.69, 9.17) is 11.6 Å². The summed E-state index contributed by atoms with van der Waals surface area (Å²) in [6.45, 7) is 0. The maximum Gasteiger partial charge on any atom is 0.271 e. The number of fused-ring (bicyclic) bond motifs is 1. The van der Waals surface area contributed by atoms with Crippen LogP contribution in [0.4, 0.5) is 0 Å². The second-order valence-corrected chi connectivity index (χ2v) is 6.69. The zero-order chi connectivity index (χ0) is 17.4. The standard InChI is InChI=1S/C19H16ClN3O2/c20-13-5-3-4-12(10-13)19(8-9-19)18(25)23-22-17(24)15-11-21-16-7-2-1-6-14(15)16/h1-7,10-11,21H,8-9H2,(H,22,24)(H,23,25). The molecule has 3 aromatic rings. The van der Waals surface area contributed by atoms with Gasteiger partial charge in [-0.15, -0.1) is 0 Å². The number of carbonyl (C=O) groups excluding carboxylic acids is 2. The van der Waals surface area contributed by atoms with Crippen molar-refractivity contribution in [3.05, 3.63) is 70.9 Å². The number of hydrazine groups is 1. The number of benzene rings is 2. The predicted molar refractivity (Wildman–Crippen MR) is 96.3 cm³/mol. The first-order valence-electron chi connectivity index (χ1n) is 8.03. The molecule has 4 rings (SSSR count). The molecule has 1 aliphatic rings. The molecule has 1 heterocycles. The zero-order valence-corrected chi connectivity index (χ0v) is 14.1. The maximum absolute atomic E-state index is 12.6. The van der Waals surface area contributed by atoms with Crippen molar-refractivity contribution in [2.45, 2.75) is 18.3 Å². The number of nitrogens with one attached hydrogen (secondary N) is 3. The summed E-state index contributed by atoms with van der Waals surface area (Å²) in [6, 6.07) is 14.8. The lowest BCUT2D eigenvalue weighted by atomic mass is 9.95. The van der Waals surface area contributed by atoms with E-state index in [2.05, 4.69) is 15.8 Å². The van der Waals surface area contributed by atoms with E-state index < -0.39 is 5.41 Å². The first-order chi connectivity index (χ1) is 12.1. The maximum atomic E-state index is 12.6. The molecule has 0 atom stereocenters. The lowest BCUT2D eigenvalue weighted by Gasteiger charge is -2.16. The molecule has 1 aromatic heterocycles. The molecule has 1 saturated carbocycles. The smallest absolute Gasteiger partial charge is 0.271 e. The van der Waals surface area contributed by atoms with Gasteiger partial charge in [-0.25, -0.2) is 0 Å². The van der Waals surface area contributed by atoms with Crippen LogP contribution in [0.15, 0.2) is 54.7 Å². The lowest BCUT2D eigenvalue weighted by molar-refractivity contribution is -0.124. The van der Waals surface area contributed by atoms with Gasteiger partial charge in [0.1, 0.15) is 0 Å². The van der Waals surface area contributed by atoms with Crippen molar-refractivity contribution in [2.24, 2.45) is 0 Å². The molecule has 1 fully saturated rings. The number of carbonyl (C=O) groups is 2. The van der Waals surface area contributed by atoms with Gasteiger partial charge in [-0.2, -0.15) is 0 Å². The molecule has 126 valence electrons. The fourth-order valence-electron chi connectivity index (χ4n) is 3.12. The number of hydrogen-bond donors (Lipinski definition) is 3. The summed E-state index contributed by atoms with van der Waals surface area (Å²) in [5.41, 5.74) is 6.71. The lowest BCUT2D eigenvalue weighted by Crippen LogP contribution is -2.46. The number of amides is 2. The van der Waals surface area contributed by atoms with E-state index in [0.717, 1.165) is 29.3 Å². The quantitative estimate of drug-likeness (QED) is 0.632. The van der Waals surface area contributed by atoms with Gasteiger partial charge in [0.15, 0.2) is 0 Å². The summed E-state index contributed by atoms with van der Waals surface area (Å²) in [7, 11) is 0. The topological polar surface area (TPSA) is 74.0 Å². The van der Waals surface area contributed by atoms with Gasteiger partial charge in [-0.3, -0.25) is 20.4 Å². The third-order valence-electron chi connectivity index (χ3n) is 4.69. The third kappa shape index (κ3) is 2.76. The molecule has 2 aromatic carbocycles. The predicted octanol–water partition coefficient (Wildman–Crippen LogP) is 3.31. The molecular weight excluding hydrogens is 338 g/mol. The minimum atomic E-state index is -0.599. The second kappa shape index (κ2) is 5.93. The first kappa shape index (κ1) is 15.7. The Morgan fingerprint density at radius 2 is 1.84 bits per heavy atom. The number of rotatable bonds is 3. The monoisotopic (exact) mass is 353 g/mol. The van der Waals surface area contributed by atoms with Crippen molar-refractivity contribution >= 4 is 34.3 Å². The van der Waals surface area contributed by atoms with Gasteiger partial charge >= 0.3 is 0 Å². The normalized spacial score (nSPS) is 14.9. The van der Waals surface area contributed by atoms with Crippen molar-refractivity contribution in [1.82, 2.24) is 15.8 Å². The number of aromatic nitrogens is 1. The highest BCUT2D eigenvalue weighted by molar-refractivity contribution is 6.30. The largest absolute Gasteiger partial charge is 0.360 e. The van der Waals surface area contributed by atoms with Crippen molar-refractivity contribution < 1.29 is 9.59 Å². The van der Waals surface area contributed by atoms with Gasteiger partial charge in [0.05, 0.1) is 11.0 Å². The van der Waals surface area contributed by atoms with Crippen LogP contribution in [0.5, 0.6) is 0 Å². The number of H-pyrrole nitrogens is 1. The first-order valence-corrected chi connectivity index (χ1v) is 8.41. The van der Waals surface area contributed by atoms with Crippen molar-refractivity contribution in [2.75, 3.05) is 0 Å². The average Bonchev–Trinajstić information content (AvgIpc) is 3.33. The van der Waals surface area contributed by atoms with Gasteiger partial charge in [-0.1, -0.05) is 41.9 Å². The molecule has 6 heteroatoms. The third-order valence-corrected chi connectivity index (χ3v) is 4.92. The van der Waals surface area contributed by atoms with Crippen LogP contribution in [0.3, 0.4) is 0 Å². The van der Waals surface area contributed by atoms with Crippen molar-refractivity contribution in [3.8, 4) is 0 Å². The number of para-hydroxylation sites is 1. The fourth-order valence-corrected chi connectivity index (χ4v) is 3.31. The Hall–Kier alpha value is -2.79. The van der Waals surface area contributed by atoms with E-state index in [1.807, 2.05) is 36.4 Å². The minimum absolute atomic E-state index is 0.219. The van der Waals surface area contributed by atoms with Crippen LogP contribution in [0.2, 0.25) is 5.02 Å². The van der Waals surface area contributed by atoms with E-state index in [1.54, 1.807) is 18.3 Å². The zero-order valence-electron chi connectivity index (χ0n) is 13.3. The van der Waals surface area contributed by atoms with E-state index in [0.29, 0.717) is 10.6 Å². The van der Waals surface area contributed by atoms with Gasteiger partial charge in [-0.05, 0) is 36.6 Å². The Morgan fingerprint density at radius 3 is 2.60 bits per heavy atom. The van der Waals surface area contributed by atoms with Crippen LogP contribution in [-0.2, 0) is 10.2 Å². The molecule has 0 unspecified atom stereocenters. The van der Waals surface area contributed by atoms with E-state index >= 15 is 0 Å². The molecule has 0 spiro atoms. The molecule has 5 nitrogen and oxygen atoms in total. The molecular formula is C19H16ClN3O2. The molecule has 3 N–H and O–H groups in total. The summed E-state index contributed by atoms with van der Waals surface area (Å²) in [5, 5.41) is 1.41. The van der Waals surface area contributed by atoms with Crippen LogP contribution >= 0.6 is 11.6 Å². The summed E-state index contributed by atoms with van der Waals surface area (Å²) >= 11 is 6.03. The number of aromatic amines is 1. The van der Waals surface area contributed by atoms with Gasteiger partial charge < -0.3 is 4.98 Å². The summed E-state index contributed by atoms with van der Waals surface area (Å²) in [6.07, 6.45) is 3.11. The van der Waals surface area contributed by atoms with Crippen molar-refractivity contribution in [3.63, 3.8) is 0 Å². The number of hydrogen-bond acceptors (Lipinski definition) is 2. The van der Waals surface area contributed by atoms with Crippen LogP contribution in [-0.4, -0.2) is 16.8 Å². The van der Waals surface area contributed by atoms with Crippen LogP contribution in [0.25, 0.3) is 10.9 Å². The van der Waals surface area contributed by atoms with E-state index in [-0.39, 0.29) is 11.8 Å². The highest BCUT2D eigenvalue weighted by Crippen LogP contribution is 2.48. The highest BCUT2D eigenvalue weighted by Gasteiger charge is 2.51. The Balaban J connectivity index is 1.48. The van der Waals surface area contributed by atoms with Crippen LogP contribution < -0.4 is 10.9 Å². The molecule has 1 aliphatic carbocycles. The molecule has 0 aliphatic heterocycles. The molecule has 0 bridgehead atoms. The van der Waals surface area contributed by atoms with Gasteiger partial charge in [0.2, 0.25) is 5.91 Å². The Kier molecular flexibility index (Phi) is 3.73. The molecule has 0 saturated heterocycles. The SMILES string of the molecule is O=C(NNC(=O)C1(c2cccc(Cl)c2)CC1)c1c[nH]c2ccccc12. The Labute approximate surface area is 149 Å². The molecule has 25 heavy (non-hydrogen) atoms. The Morgan fingerprint density at radius 1 is 1.04 bits per heavy atom. The second-order valence-electron chi connectivity index (χ2n) is 6.25. The van der Waals surface area contributed by atoms with Gasteiger partial charge in [0, 0.05) is 22.1 Å². The van der Waals surface area contributed by atoms with Gasteiger partial charge in [0.25, 0.3) is 5.91 Å². The average molecular weight is 354 g/mol.